The van der Waals surface area contributed by atoms with Crippen LogP contribution in [0.5, 0.6) is 17.2 Å². The molecule has 28 heavy (non-hydrogen) atoms. The van der Waals surface area contributed by atoms with Crippen LogP contribution in [0.2, 0.25) is 0 Å². The first-order valence-corrected chi connectivity index (χ1v) is 10.5. The predicted octanol–water partition coefficient (Wildman–Crippen LogP) is 5.01. The molecule has 0 saturated heterocycles. The molecule has 2 rings (SSSR count). The van der Waals surface area contributed by atoms with Crippen LogP contribution in [0.15, 0.2) is 39.9 Å². The molecule has 1 amide bonds. The minimum absolute atomic E-state index is 0.0340. The zero-order valence-electron chi connectivity index (χ0n) is 16.1. The van der Waals surface area contributed by atoms with E-state index >= 15 is 0 Å². The second-order valence-electron chi connectivity index (χ2n) is 5.97. The first-order valence-electron chi connectivity index (χ1n) is 8.65. The maximum absolute atomic E-state index is 12.4. The van der Waals surface area contributed by atoms with E-state index in [1.807, 2.05) is 32.9 Å². The zero-order chi connectivity index (χ0) is 20.7. The van der Waals surface area contributed by atoms with E-state index < -0.39 is 0 Å². The summed E-state index contributed by atoms with van der Waals surface area (Å²) in [4.78, 5) is 12.4. The Labute approximate surface area is 186 Å². The number of hydrazone groups is 1. The zero-order valence-corrected chi connectivity index (χ0v) is 19.8. The molecule has 0 atom stereocenters. The molecule has 0 radical (unpaired) electrons. The van der Waals surface area contributed by atoms with Crippen molar-refractivity contribution in [3.05, 3.63) is 49.5 Å². The lowest BCUT2D eigenvalue weighted by Gasteiger charge is -2.16. The summed E-state index contributed by atoms with van der Waals surface area (Å²) in [6.07, 6.45) is 1.60. The van der Waals surface area contributed by atoms with E-state index in [9.17, 15) is 4.79 Å². The lowest BCUT2D eigenvalue weighted by atomic mass is 10.2. The summed E-state index contributed by atoms with van der Waals surface area (Å²) in [6, 6.07) is 8.94. The Kier molecular flexibility index (Phi) is 8.56. The van der Waals surface area contributed by atoms with Gasteiger partial charge in [0.1, 0.15) is 5.75 Å². The Bertz CT molecular complexity index is 872. The van der Waals surface area contributed by atoms with Crippen LogP contribution in [0, 0.1) is 3.57 Å². The molecular formula is C20H22BrIN2O4. The molecule has 2 aromatic rings. The number of amides is 1. The van der Waals surface area contributed by atoms with Crippen molar-refractivity contribution in [2.45, 2.75) is 26.9 Å². The van der Waals surface area contributed by atoms with Gasteiger partial charge in [-0.1, -0.05) is 15.9 Å². The standard InChI is InChI=1S/C20H22BrIN2O4/c1-5-27-18-9-13(8-16(22)19(18)28-12(2)3)11-23-24-20(25)15-10-14(21)6-7-17(15)26-4/h6-12H,5H2,1-4H3,(H,24,25)/b23-11-. The monoisotopic (exact) mass is 560 g/mol. The highest BCUT2D eigenvalue weighted by Gasteiger charge is 2.14. The average molecular weight is 561 g/mol. The van der Waals surface area contributed by atoms with Crippen molar-refractivity contribution in [2.24, 2.45) is 5.10 Å². The van der Waals surface area contributed by atoms with E-state index in [4.69, 9.17) is 14.2 Å². The third kappa shape index (κ3) is 6.10. The van der Waals surface area contributed by atoms with Gasteiger partial charge in [0.2, 0.25) is 0 Å². The van der Waals surface area contributed by atoms with Crippen LogP contribution < -0.4 is 19.6 Å². The lowest BCUT2D eigenvalue weighted by Crippen LogP contribution is -2.18. The van der Waals surface area contributed by atoms with E-state index in [1.165, 1.54) is 7.11 Å². The van der Waals surface area contributed by atoms with Crippen molar-refractivity contribution < 1.29 is 19.0 Å². The molecule has 0 saturated carbocycles. The minimum atomic E-state index is -0.367. The number of benzene rings is 2. The number of carbonyl (C=O) groups excluding carboxylic acids is 1. The van der Waals surface area contributed by atoms with Crippen molar-refractivity contribution in [2.75, 3.05) is 13.7 Å². The van der Waals surface area contributed by atoms with Crippen LogP contribution in [0.3, 0.4) is 0 Å². The molecule has 150 valence electrons. The van der Waals surface area contributed by atoms with Crippen LogP contribution in [0.1, 0.15) is 36.7 Å². The maximum atomic E-state index is 12.4. The molecule has 0 aromatic heterocycles. The van der Waals surface area contributed by atoms with Gasteiger partial charge in [0.15, 0.2) is 11.5 Å². The predicted molar refractivity (Wildman–Crippen MR) is 122 cm³/mol. The summed E-state index contributed by atoms with van der Waals surface area (Å²) in [6.45, 7) is 6.36. The molecular weight excluding hydrogens is 539 g/mol. The van der Waals surface area contributed by atoms with Gasteiger partial charge in [0.25, 0.3) is 5.91 Å². The van der Waals surface area contributed by atoms with E-state index in [0.29, 0.717) is 29.4 Å². The lowest BCUT2D eigenvalue weighted by molar-refractivity contribution is 0.0952. The highest BCUT2D eigenvalue weighted by Crippen LogP contribution is 2.34. The van der Waals surface area contributed by atoms with Gasteiger partial charge in [-0.2, -0.15) is 5.10 Å². The number of hydrogen-bond acceptors (Lipinski definition) is 5. The van der Waals surface area contributed by atoms with Crippen LogP contribution >= 0.6 is 38.5 Å². The largest absolute Gasteiger partial charge is 0.496 e. The third-order valence-electron chi connectivity index (χ3n) is 3.47. The molecule has 0 aliphatic rings. The van der Waals surface area contributed by atoms with Crippen LogP contribution in [0.4, 0.5) is 0 Å². The molecule has 0 aliphatic heterocycles. The molecule has 1 N–H and O–H groups in total. The Morgan fingerprint density at radius 1 is 1.29 bits per heavy atom. The fourth-order valence-electron chi connectivity index (χ4n) is 2.36. The number of methoxy groups -OCH3 is 1. The summed E-state index contributed by atoms with van der Waals surface area (Å²) in [7, 11) is 1.52. The van der Waals surface area contributed by atoms with E-state index in [2.05, 4.69) is 49.0 Å². The van der Waals surface area contributed by atoms with Gasteiger partial charge in [-0.05, 0) is 79.3 Å². The number of ether oxygens (including phenoxy) is 3. The smallest absolute Gasteiger partial charge is 0.275 e. The van der Waals surface area contributed by atoms with E-state index in [-0.39, 0.29) is 12.0 Å². The normalized spacial score (nSPS) is 11.0. The molecule has 8 heteroatoms. The highest BCUT2D eigenvalue weighted by molar-refractivity contribution is 14.1. The molecule has 0 fully saturated rings. The Balaban J connectivity index is 2.20. The number of nitrogens with one attached hydrogen (secondary N) is 1. The molecule has 0 unspecified atom stereocenters. The maximum Gasteiger partial charge on any atom is 0.275 e. The molecule has 6 nitrogen and oxygen atoms in total. The Morgan fingerprint density at radius 2 is 2.04 bits per heavy atom. The fraction of sp³-hybridized carbons (Fsp3) is 0.300. The first kappa shape index (κ1) is 22.5. The van der Waals surface area contributed by atoms with Crippen molar-refractivity contribution in [1.82, 2.24) is 5.43 Å². The van der Waals surface area contributed by atoms with Crippen LogP contribution in [-0.2, 0) is 0 Å². The van der Waals surface area contributed by atoms with Crippen LogP contribution in [0.25, 0.3) is 0 Å². The number of halogens is 2. The second kappa shape index (κ2) is 10.7. The summed E-state index contributed by atoms with van der Waals surface area (Å²) >= 11 is 5.55. The summed E-state index contributed by atoms with van der Waals surface area (Å²) in [5.74, 6) is 1.45. The number of hydrogen-bond donors (Lipinski definition) is 1. The van der Waals surface area contributed by atoms with Crippen molar-refractivity contribution in [1.29, 1.82) is 0 Å². The SMILES string of the molecule is CCOc1cc(/C=N\NC(=O)c2cc(Br)ccc2OC)cc(I)c1OC(C)C. The topological polar surface area (TPSA) is 69.2 Å². The summed E-state index contributed by atoms with van der Waals surface area (Å²) in [5, 5.41) is 4.06. The van der Waals surface area contributed by atoms with Gasteiger partial charge in [0, 0.05) is 4.47 Å². The van der Waals surface area contributed by atoms with Gasteiger partial charge in [-0.25, -0.2) is 5.43 Å². The number of nitrogens with zero attached hydrogens (tertiary/aromatic N) is 1. The molecule has 0 spiro atoms. The van der Waals surface area contributed by atoms with Gasteiger partial charge < -0.3 is 14.2 Å². The average Bonchev–Trinajstić information content (AvgIpc) is 2.64. The van der Waals surface area contributed by atoms with Gasteiger partial charge in [-0.3, -0.25) is 4.79 Å². The summed E-state index contributed by atoms with van der Waals surface area (Å²) in [5.41, 5.74) is 3.69. The van der Waals surface area contributed by atoms with E-state index in [0.717, 1.165) is 13.6 Å². The highest BCUT2D eigenvalue weighted by atomic mass is 127. The quantitative estimate of drug-likeness (QED) is 0.280. The van der Waals surface area contributed by atoms with Crippen molar-refractivity contribution in [3.63, 3.8) is 0 Å². The fourth-order valence-corrected chi connectivity index (χ4v) is 3.47. The Morgan fingerprint density at radius 3 is 2.68 bits per heavy atom. The number of rotatable bonds is 8. The van der Waals surface area contributed by atoms with Gasteiger partial charge in [0.05, 0.1) is 35.2 Å². The molecule has 0 heterocycles. The summed E-state index contributed by atoms with van der Waals surface area (Å²) < 4.78 is 18.5. The van der Waals surface area contributed by atoms with Gasteiger partial charge in [-0.15, -0.1) is 0 Å². The van der Waals surface area contributed by atoms with E-state index in [1.54, 1.807) is 24.4 Å². The van der Waals surface area contributed by atoms with Crippen LogP contribution in [-0.4, -0.2) is 31.9 Å². The van der Waals surface area contributed by atoms with Crippen molar-refractivity contribution >= 4 is 50.6 Å². The van der Waals surface area contributed by atoms with Gasteiger partial charge >= 0.3 is 0 Å². The first-order chi connectivity index (χ1) is 13.3. The molecule has 2 aromatic carbocycles. The molecule has 0 aliphatic carbocycles. The third-order valence-corrected chi connectivity index (χ3v) is 4.77. The number of carbonyl (C=O) groups is 1. The van der Waals surface area contributed by atoms with Crippen molar-refractivity contribution in [3.8, 4) is 17.2 Å². The minimum Gasteiger partial charge on any atom is -0.496 e. The second-order valence-corrected chi connectivity index (χ2v) is 8.05. The molecule has 0 bridgehead atoms. The Hall–Kier alpha value is -1.81.